The zero-order chi connectivity index (χ0) is 17.4. The van der Waals surface area contributed by atoms with Gasteiger partial charge in [-0.2, -0.15) is 0 Å². The summed E-state index contributed by atoms with van der Waals surface area (Å²) in [6, 6.07) is 3.42. The number of nitrogens with one attached hydrogen (secondary N) is 2. The van der Waals surface area contributed by atoms with Gasteiger partial charge in [0.2, 0.25) is 17.7 Å². The van der Waals surface area contributed by atoms with Crippen molar-refractivity contribution in [1.29, 1.82) is 0 Å². The Labute approximate surface area is 136 Å². The first-order chi connectivity index (χ1) is 11.4. The van der Waals surface area contributed by atoms with Gasteiger partial charge in [0.05, 0.1) is 16.8 Å². The first kappa shape index (κ1) is 15.6. The molecule has 0 radical (unpaired) electrons. The molecule has 0 bridgehead atoms. The van der Waals surface area contributed by atoms with Crippen molar-refractivity contribution in [2.45, 2.75) is 18.9 Å². The van der Waals surface area contributed by atoms with Crippen LogP contribution in [0.5, 0.6) is 0 Å². The molecule has 8 nitrogen and oxygen atoms in total. The quantitative estimate of drug-likeness (QED) is 0.609. The third-order valence-electron chi connectivity index (χ3n) is 3.91. The van der Waals surface area contributed by atoms with Crippen molar-refractivity contribution in [3.8, 4) is 0 Å². The number of anilines is 1. The van der Waals surface area contributed by atoms with Crippen LogP contribution in [0.4, 0.5) is 5.69 Å². The normalized spacial score (nSPS) is 19.8. The van der Waals surface area contributed by atoms with Crippen molar-refractivity contribution < 1.29 is 24.0 Å². The summed E-state index contributed by atoms with van der Waals surface area (Å²) >= 11 is 0. The summed E-state index contributed by atoms with van der Waals surface area (Å²) in [5, 5.41) is 4.60. The second-order valence-corrected chi connectivity index (χ2v) is 5.37. The Hall–Kier alpha value is -3.29. The number of piperidine rings is 1. The Kier molecular flexibility index (Phi) is 3.72. The smallest absolute Gasteiger partial charge is 0.264 e. The lowest BCUT2D eigenvalue weighted by molar-refractivity contribution is -0.136. The molecule has 1 saturated heterocycles. The largest absolute Gasteiger partial charge is 0.322 e. The van der Waals surface area contributed by atoms with Gasteiger partial charge in [-0.15, -0.1) is 0 Å². The number of imide groups is 2. The molecule has 122 valence electrons. The lowest BCUT2D eigenvalue weighted by Gasteiger charge is -2.27. The summed E-state index contributed by atoms with van der Waals surface area (Å²) in [6.45, 7) is 3.33. The third kappa shape index (κ3) is 2.37. The molecule has 3 rings (SSSR count). The van der Waals surface area contributed by atoms with E-state index in [4.69, 9.17) is 0 Å². The molecule has 2 heterocycles. The van der Waals surface area contributed by atoms with Gasteiger partial charge in [-0.05, 0) is 24.6 Å². The molecule has 8 heteroatoms. The number of hydrogen-bond donors (Lipinski definition) is 2. The van der Waals surface area contributed by atoms with Crippen molar-refractivity contribution in [3.63, 3.8) is 0 Å². The molecule has 24 heavy (non-hydrogen) atoms. The van der Waals surface area contributed by atoms with E-state index in [0.29, 0.717) is 0 Å². The Bertz CT molecular complexity index is 814. The van der Waals surface area contributed by atoms with Gasteiger partial charge in [-0.25, -0.2) is 0 Å². The number of hydrogen-bond acceptors (Lipinski definition) is 5. The molecule has 1 unspecified atom stereocenters. The Morgan fingerprint density at radius 2 is 2.00 bits per heavy atom. The molecule has 0 saturated carbocycles. The number of rotatable bonds is 3. The van der Waals surface area contributed by atoms with E-state index in [1.165, 1.54) is 18.2 Å². The number of carbonyl (C=O) groups excluding carboxylic acids is 5. The van der Waals surface area contributed by atoms with Crippen LogP contribution in [-0.4, -0.2) is 40.5 Å². The first-order valence-corrected chi connectivity index (χ1v) is 7.22. The highest BCUT2D eigenvalue weighted by Gasteiger charge is 2.45. The van der Waals surface area contributed by atoms with Gasteiger partial charge in [-0.1, -0.05) is 12.6 Å². The SMILES string of the molecule is C=CC(=O)Nc1cccc2c1C(=O)N(C1CCC(=O)NC1=O)C2=O. The summed E-state index contributed by atoms with van der Waals surface area (Å²) in [6.07, 6.45) is 1.16. The van der Waals surface area contributed by atoms with E-state index >= 15 is 0 Å². The van der Waals surface area contributed by atoms with E-state index in [9.17, 15) is 24.0 Å². The van der Waals surface area contributed by atoms with E-state index < -0.39 is 35.6 Å². The molecule has 0 spiro atoms. The second kappa shape index (κ2) is 5.73. The van der Waals surface area contributed by atoms with Gasteiger partial charge in [0.15, 0.2) is 0 Å². The van der Waals surface area contributed by atoms with Gasteiger partial charge >= 0.3 is 0 Å². The lowest BCUT2D eigenvalue weighted by atomic mass is 10.0. The Balaban J connectivity index is 1.98. The topological polar surface area (TPSA) is 113 Å². The summed E-state index contributed by atoms with van der Waals surface area (Å²) in [5.74, 6) is -2.95. The van der Waals surface area contributed by atoms with E-state index in [1.54, 1.807) is 0 Å². The summed E-state index contributed by atoms with van der Waals surface area (Å²) in [4.78, 5) is 60.8. The van der Waals surface area contributed by atoms with E-state index in [2.05, 4.69) is 17.2 Å². The molecule has 2 aliphatic rings. The van der Waals surface area contributed by atoms with Crippen LogP contribution in [0.3, 0.4) is 0 Å². The average molecular weight is 327 g/mol. The Morgan fingerprint density at radius 1 is 1.25 bits per heavy atom. The molecule has 1 atom stereocenters. The number of benzene rings is 1. The van der Waals surface area contributed by atoms with E-state index in [-0.39, 0.29) is 29.7 Å². The minimum atomic E-state index is -1.04. The predicted octanol–water partition coefficient (Wildman–Crippen LogP) is 0.212. The third-order valence-corrected chi connectivity index (χ3v) is 3.91. The summed E-state index contributed by atoms with van der Waals surface area (Å²) in [7, 11) is 0. The highest BCUT2D eigenvalue weighted by Crippen LogP contribution is 2.32. The fourth-order valence-electron chi connectivity index (χ4n) is 2.80. The molecular weight excluding hydrogens is 314 g/mol. The van der Waals surface area contributed by atoms with Gasteiger partial charge in [0.1, 0.15) is 6.04 Å². The van der Waals surface area contributed by atoms with E-state index in [0.717, 1.165) is 11.0 Å². The molecule has 2 aliphatic heterocycles. The maximum Gasteiger partial charge on any atom is 0.264 e. The fraction of sp³-hybridized carbons (Fsp3) is 0.188. The maximum atomic E-state index is 12.7. The van der Waals surface area contributed by atoms with Crippen LogP contribution in [0, 0.1) is 0 Å². The summed E-state index contributed by atoms with van der Waals surface area (Å²) in [5.41, 5.74) is 0.305. The van der Waals surface area contributed by atoms with Crippen LogP contribution in [-0.2, 0) is 14.4 Å². The Morgan fingerprint density at radius 3 is 2.67 bits per heavy atom. The van der Waals surface area contributed by atoms with Crippen LogP contribution in [0.2, 0.25) is 0 Å². The highest BCUT2D eigenvalue weighted by atomic mass is 16.2. The van der Waals surface area contributed by atoms with Gasteiger partial charge < -0.3 is 5.32 Å². The van der Waals surface area contributed by atoms with E-state index in [1.807, 2.05) is 0 Å². The molecule has 0 aliphatic carbocycles. The predicted molar refractivity (Wildman–Crippen MR) is 81.9 cm³/mol. The van der Waals surface area contributed by atoms with Crippen LogP contribution in [0.25, 0.3) is 0 Å². The minimum absolute atomic E-state index is 0.0300. The lowest BCUT2D eigenvalue weighted by Crippen LogP contribution is -2.54. The molecule has 1 aromatic rings. The van der Waals surface area contributed by atoms with Crippen molar-refractivity contribution in [1.82, 2.24) is 10.2 Å². The van der Waals surface area contributed by atoms with Crippen LogP contribution in [0.15, 0.2) is 30.9 Å². The molecule has 1 fully saturated rings. The number of carbonyl (C=O) groups is 5. The van der Waals surface area contributed by atoms with Crippen LogP contribution >= 0.6 is 0 Å². The number of amides is 5. The highest BCUT2D eigenvalue weighted by molar-refractivity contribution is 6.26. The second-order valence-electron chi connectivity index (χ2n) is 5.37. The van der Waals surface area contributed by atoms with Crippen molar-refractivity contribution in [3.05, 3.63) is 42.0 Å². The maximum absolute atomic E-state index is 12.7. The molecule has 2 N–H and O–H groups in total. The zero-order valence-corrected chi connectivity index (χ0v) is 12.5. The summed E-state index contributed by atoms with van der Waals surface area (Å²) < 4.78 is 0. The molecule has 0 aromatic heterocycles. The van der Waals surface area contributed by atoms with Crippen LogP contribution < -0.4 is 10.6 Å². The first-order valence-electron chi connectivity index (χ1n) is 7.22. The van der Waals surface area contributed by atoms with Gasteiger partial charge in [0, 0.05) is 6.42 Å². The van der Waals surface area contributed by atoms with Crippen molar-refractivity contribution in [2.24, 2.45) is 0 Å². The molecule has 5 amide bonds. The minimum Gasteiger partial charge on any atom is -0.322 e. The van der Waals surface area contributed by atoms with Crippen molar-refractivity contribution >= 4 is 35.2 Å². The van der Waals surface area contributed by atoms with Crippen LogP contribution in [0.1, 0.15) is 33.6 Å². The monoisotopic (exact) mass is 327 g/mol. The number of nitrogens with zero attached hydrogens (tertiary/aromatic N) is 1. The fourth-order valence-corrected chi connectivity index (χ4v) is 2.80. The van der Waals surface area contributed by atoms with Crippen molar-refractivity contribution in [2.75, 3.05) is 5.32 Å². The number of fused-ring (bicyclic) bond motifs is 1. The van der Waals surface area contributed by atoms with Gasteiger partial charge in [-0.3, -0.25) is 34.2 Å². The standard InChI is InChI=1S/C16H13N3O5/c1-2-11(20)17-9-5-3-4-8-13(9)16(24)19(15(8)23)10-6-7-12(21)18-14(10)22/h2-5,10H,1,6-7H2,(H,17,20)(H,18,21,22). The van der Waals surface area contributed by atoms with Gasteiger partial charge in [0.25, 0.3) is 11.8 Å². The molecule has 1 aromatic carbocycles. The molecular formula is C16H13N3O5. The average Bonchev–Trinajstić information content (AvgIpc) is 2.80. The zero-order valence-electron chi connectivity index (χ0n) is 12.5.